The van der Waals surface area contributed by atoms with Crippen LogP contribution in [0.3, 0.4) is 0 Å². The number of carbonyl (C=O) groups is 1. The van der Waals surface area contributed by atoms with E-state index >= 15 is 0 Å². The molecule has 3 aromatic rings. The third kappa shape index (κ3) is 6.95. The largest absolute Gasteiger partial charge is 0.481 e. The predicted molar refractivity (Wildman–Crippen MR) is 150 cm³/mol. The Kier molecular flexibility index (Phi) is 8.46. The van der Waals surface area contributed by atoms with E-state index in [1.165, 1.54) is 17.7 Å². The second kappa shape index (κ2) is 11.6. The van der Waals surface area contributed by atoms with Gasteiger partial charge in [-0.2, -0.15) is 0 Å². The Balaban J connectivity index is 1.50. The molecule has 1 saturated heterocycles. The number of aliphatic carboxylic acids is 1. The topological polar surface area (TPSA) is 69.6 Å². The van der Waals surface area contributed by atoms with Crippen LogP contribution in [0.5, 0.6) is 0 Å². The van der Waals surface area contributed by atoms with Crippen LogP contribution in [0.2, 0.25) is 0 Å². The van der Waals surface area contributed by atoms with Crippen molar-refractivity contribution in [1.82, 2.24) is 14.9 Å². The maximum absolute atomic E-state index is 13.7. The van der Waals surface area contributed by atoms with Gasteiger partial charge in [0.1, 0.15) is 5.82 Å². The fourth-order valence-corrected chi connectivity index (χ4v) is 5.44. The van der Waals surface area contributed by atoms with Gasteiger partial charge in [0.05, 0.1) is 6.42 Å². The smallest absolute Gasteiger partial charge is 0.304 e. The van der Waals surface area contributed by atoms with Crippen LogP contribution in [0.15, 0.2) is 54.9 Å². The molecule has 0 aliphatic carbocycles. The zero-order valence-electron chi connectivity index (χ0n) is 23.1. The summed E-state index contributed by atoms with van der Waals surface area (Å²) in [4.78, 5) is 25.6. The molecule has 38 heavy (non-hydrogen) atoms. The van der Waals surface area contributed by atoms with Crippen LogP contribution >= 0.6 is 0 Å². The van der Waals surface area contributed by atoms with Gasteiger partial charge in [0.2, 0.25) is 5.95 Å². The molecular weight excluding hydrogens is 479 g/mol. The Hall–Kier alpha value is -3.32. The molecule has 0 saturated carbocycles. The third-order valence-electron chi connectivity index (χ3n) is 7.28. The molecule has 1 N–H and O–H groups in total. The maximum atomic E-state index is 13.7. The first-order valence-corrected chi connectivity index (χ1v) is 13.4. The number of piperazine rings is 1. The Morgan fingerprint density at radius 1 is 1.11 bits per heavy atom. The van der Waals surface area contributed by atoms with Gasteiger partial charge >= 0.3 is 5.97 Å². The van der Waals surface area contributed by atoms with E-state index in [4.69, 9.17) is 0 Å². The highest BCUT2D eigenvalue weighted by Crippen LogP contribution is 2.30. The number of carboxylic acid groups (broad SMARTS) is 1. The van der Waals surface area contributed by atoms with E-state index < -0.39 is 11.4 Å². The molecule has 0 unspecified atom stereocenters. The van der Waals surface area contributed by atoms with Crippen LogP contribution in [0.25, 0.3) is 11.1 Å². The Labute approximate surface area is 225 Å². The van der Waals surface area contributed by atoms with Crippen molar-refractivity contribution in [2.45, 2.75) is 65.5 Å². The van der Waals surface area contributed by atoms with Gasteiger partial charge in [0.15, 0.2) is 0 Å². The quantitative estimate of drug-likeness (QED) is 0.370. The number of benzene rings is 2. The molecule has 1 aromatic heterocycles. The molecule has 0 amide bonds. The third-order valence-corrected chi connectivity index (χ3v) is 7.28. The highest BCUT2D eigenvalue weighted by Gasteiger charge is 2.30. The minimum absolute atomic E-state index is 0.100. The van der Waals surface area contributed by atoms with Gasteiger partial charge in [0.25, 0.3) is 0 Å². The molecule has 0 bridgehead atoms. The number of aromatic nitrogens is 2. The zero-order valence-corrected chi connectivity index (χ0v) is 23.1. The minimum Gasteiger partial charge on any atom is -0.481 e. The standard InChI is InChI=1S/C31H39FN4O2/c1-21(2)11-28-20-35(19-23-12-22(3)13-26(14-23)31(4,5)16-29(37)38)9-10-36(28)30-33-17-25(18-34-30)24-7-6-8-27(32)15-24/h6-8,12-15,17-18,21,28H,9-11,16,19-20H2,1-5H3,(H,37,38)/t28-/m1/s1. The number of rotatable bonds is 9. The lowest BCUT2D eigenvalue weighted by Crippen LogP contribution is -2.54. The van der Waals surface area contributed by atoms with E-state index in [-0.39, 0.29) is 18.3 Å². The van der Waals surface area contributed by atoms with Crippen LogP contribution < -0.4 is 4.90 Å². The summed E-state index contributed by atoms with van der Waals surface area (Å²) in [5.74, 6) is 0.183. The Morgan fingerprint density at radius 2 is 1.84 bits per heavy atom. The fraction of sp³-hybridized carbons (Fsp3) is 0.452. The molecule has 2 aromatic carbocycles. The summed E-state index contributed by atoms with van der Waals surface area (Å²) in [6, 6.07) is 13.3. The number of hydrogen-bond acceptors (Lipinski definition) is 5. The van der Waals surface area contributed by atoms with Crippen LogP contribution in [0.1, 0.15) is 57.2 Å². The molecule has 202 valence electrons. The summed E-state index contributed by atoms with van der Waals surface area (Å²) in [7, 11) is 0. The van der Waals surface area contributed by atoms with Gasteiger partial charge in [-0.15, -0.1) is 0 Å². The van der Waals surface area contributed by atoms with Crippen molar-refractivity contribution in [2.24, 2.45) is 5.92 Å². The van der Waals surface area contributed by atoms with Gasteiger partial charge in [0, 0.05) is 55.6 Å². The maximum Gasteiger partial charge on any atom is 0.304 e. The molecule has 2 heterocycles. The van der Waals surface area contributed by atoms with Crippen molar-refractivity contribution < 1.29 is 14.3 Å². The highest BCUT2D eigenvalue weighted by molar-refractivity contribution is 5.69. The molecule has 1 fully saturated rings. The van der Waals surface area contributed by atoms with E-state index in [0.717, 1.165) is 54.9 Å². The van der Waals surface area contributed by atoms with Gasteiger partial charge in [-0.3, -0.25) is 9.69 Å². The average Bonchev–Trinajstić information content (AvgIpc) is 2.83. The minimum atomic E-state index is -0.781. The Bertz CT molecular complexity index is 1260. The molecule has 0 radical (unpaired) electrons. The van der Waals surface area contributed by atoms with E-state index in [9.17, 15) is 14.3 Å². The number of halogens is 1. The summed E-state index contributed by atoms with van der Waals surface area (Å²) in [6.07, 6.45) is 4.69. The van der Waals surface area contributed by atoms with Crippen molar-refractivity contribution in [3.8, 4) is 11.1 Å². The molecule has 1 aliphatic heterocycles. The molecule has 7 heteroatoms. The zero-order chi connectivity index (χ0) is 27.4. The van der Waals surface area contributed by atoms with E-state index in [1.807, 2.05) is 19.9 Å². The van der Waals surface area contributed by atoms with Gasteiger partial charge in [-0.25, -0.2) is 14.4 Å². The summed E-state index contributed by atoms with van der Waals surface area (Å²) in [6.45, 7) is 14.0. The normalized spacial score (nSPS) is 16.7. The molecule has 1 atom stereocenters. The number of anilines is 1. The van der Waals surface area contributed by atoms with Crippen LogP contribution in [0, 0.1) is 18.7 Å². The first-order chi connectivity index (χ1) is 18.0. The SMILES string of the molecule is Cc1cc(CN2CCN(c3ncc(-c4cccc(F)c4)cn3)[C@H](CC(C)C)C2)cc(C(C)(C)CC(=O)O)c1. The van der Waals surface area contributed by atoms with Crippen molar-refractivity contribution in [3.05, 3.63) is 77.4 Å². The molecular formula is C31H39FN4O2. The fourth-order valence-electron chi connectivity index (χ4n) is 5.44. The van der Waals surface area contributed by atoms with Crippen molar-refractivity contribution in [3.63, 3.8) is 0 Å². The van der Waals surface area contributed by atoms with Crippen molar-refractivity contribution >= 4 is 11.9 Å². The van der Waals surface area contributed by atoms with Gasteiger partial charge < -0.3 is 10.0 Å². The first kappa shape index (κ1) is 27.7. The number of carboxylic acids is 1. The van der Waals surface area contributed by atoms with Crippen LogP contribution in [-0.4, -0.2) is 51.6 Å². The molecule has 4 rings (SSSR count). The van der Waals surface area contributed by atoms with Crippen molar-refractivity contribution in [1.29, 1.82) is 0 Å². The van der Waals surface area contributed by atoms with E-state index in [1.54, 1.807) is 18.5 Å². The summed E-state index contributed by atoms with van der Waals surface area (Å²) in [5, 5.41) is 9.38. The Morgan fingerprint density at radius 3 is 2.50 bits per heavy atom. The first-order valence-electron chi connectivity index (χ1n) is 13.4. The summed E-state index contributed by atoms with van der Waals surface area (Å²) in [5.41, 5.74) is 4.57. The number of aryl methyl sites for hydroxylation is 1. The predicted octanol–water partition coefficient (Wildman–Crippen LogP) is 6.08. The van der Waals surface area contributed by atoms with Crippen molar-refractivity contribution in [2.75, 3.05) is 24.5 Å². The highest BCUT2D eigenvalue weighted by atomic mass is 19.1. The number of hydrogen-bond donors (Lipinski definition) is 1. The molecule has 6 nitrogen and oxygen atoms in total. The second-order valence-electron chi connectivity index (χ2n) is 11.7. The second-order valence-corrected chi connectivity index (χ2v) is 11.7. The lowest BCUT2D eigenvalue weighted by atomic mass is 9.80. The van der Waals surface area contributed by atoms with E-state index in [0.29, 0.717) is 11.9 Å². The monoisotopic (exact) mass is 518 g/mol. The van der Waals surface area contributed by atoms with E-state index in [2.05, 4.69) is 58.7 Å². The van der Waals surface area contributed by atoms with Gasteiger partial charge in [-0.05, 0) is 48.1 Å². The number of nitrogens with zero attached hydrogens (tertiary/aromatic N) is 4. The van der Waals surface area contributed by atoms with Crippen LogP contribution in [-0.2, 0) is 16.8 Å². The molecule has 0 spiro atoms. The van der Waals surface area contributed by atoms with Crippen LogP contribution in [0.4, 0.5) is 10.3 Å². The average molecular weight is 519 g/mol. The van der Waals surface area contributed by atoms with Gasteiger partial charge in [-0.1, -0.05) is 63.6 Å². The summed E-state index contributed by atoms with van der Waals surface area (Å²) >= 11 is 0. The lowest BCUT2D eigenvalue weighted by Gasteiger charge is -2.42. The lowest BCUT2D eigenvalue weighted by molar-refractivity contribution is -0.138. The molecule has 1 aliphatic rings. The summed E-state index contributed by atoms with van der Waals surface area (Å²) < 4.78 is 13.7.